The highest BCUT2D eigenvalue weighted by molar-refractivity contribution is 5.62. The van der Waals surface area contributed by atoms with E-state index in [9.17, 15) is 0 Å². The summed E-state index contributed by atoms with van der Waals surface area (Å²) in [5.74, 6) is 0. The smallest absolute Gasteiger partial charge is 0.129 e. The number of hydrogen-bond acceptors (Lipinski definition) is 3. The Labute approximate surface area is 68.6 Å². The molecule has 2 N–H and O–H groups in total. The Morgan fingerprint density at radius 3 is 2.45 bits per heavy atom. The van der Waals surface area contributed by atoms with Crippen molar-refractivity contribution < 1.29 is 4.84 Å². The monoisotopic (exact) mass is 158 g/mol. The van der Waals surface area contributed by atoms with Crippen molar-refractivity contribution in [3.63, 3.8) is 0 Å². The van der Waals surface area contributed by atoms with Crippen molar-refractivity contribution in [2.24, 2.45) is 10.9 Å². The molecule has 1 atom stereocenters. The van der Waals surface area contributed by atoms with E-state index in [4.69, 9.17) is 10.6 Å². The Hall–Kier alpha value is -0.570. The zero-order valence-electron chi connectivity index (χ0n) is 7.79. The van der Waals surface area contributed by atoms with Crippen LogP contribution in [0.2, 0.25) is 0 Å². The lowest BCUT2D eigenvalue weighted by atomic mass is 10.2. The van der Waals surface area contributed by atoms with Crippen molar-refractivity contribution in [1.82, 2.24) is 0 Å². The molecule has 0 aromatic carbocycles. The first-order valence-electron chi connectivity index (χ1n) is 3.93. The van der Waals surface area contributed by atoms with Gasteiger partial charge in [0.05, 0.1) is 6.21 Å². The van der Waals surface area contributed by atoms with Crippen LogP contribution < -0.4 is 5.73 Å². The van der Waals surface area contributed by atoms with Crippen LogP contribution in [0, 0.1) is 0 Å². The Morgan fingerprint density at radius 2 is 2.09 bits per heavy atom. The maximum Gasteiger partial charge on any atom is 0.129 e. The van der Waals surface area contributed by atoms with E-state index in [1.165, 1.54) is 0 Å². The maximum atomic E-state index is 5.57. The highest BCUT2D eigenvalue weighted by Gasteiger charge is 2.09. The molecular formula is C8H18N2O. The first-order chi connectivity index (χ1) is 4.95. The Bertz CT molecular complexity index is 127. The number of nitrogens with zero attached hydrogens (tertiary/aromatic N) is 1. The van der Waals surface area contributed by atoms with E-state index >= 15 is 0 Å². The van der Waals surface area contributed by atoms with Gasteiger partial charge in [0.2, 0.25) is 0 Å². The highest BCUT2D eigenvalue weighted by Crippen LogP contribution is 2.05. The molecule has 0 saturated carbocycles. The van der Waals surface area contributed by atoms with Gasteiger partial charge in [0.15, 0.2) is 0 Å². The average molecular weight is 158 g/mol. The van der Waals surface area contributed by atoms with Crippen LogP contribution in [0.3, 0.4) is 0 Å². The molecule has 3 heteroatoms. The summed E-state index contributed by atoms with van der Waals surface area (Å²) in [5, 5.41) is 3.76. The van der Waals surface area contributed by atoms with Crippen LogP contribution in [0.25, 0.3) is 0 Å². The third kappa shape index (κ3) is 7.33. The predicted octanol–water partition coefficient (Wildman–Crippen LogP) is 1.52. The molecule has 0 fully saturated rings. The summed E-state index contributed by atoms with van der Waals surface area (Å²) in [6.07, 6.45) is 2.52. The standard InChI is InChI=1S/C8H18N2O/c1-5-7(9)6-10-11-8(2,3)4/h6-7H,5,9H2,1-4H3/b10-6+. The highest BCUT2D eigenvalue weighted by atomic mass is 16.6. The van der Waals surface area contributed by atoms with Crippen LogP contribution in [0.1, 0.15) is 34.1 Å². The van der Waals surface area contributed by atoms with Gasteiger partial charge in [0.1, 0.15) is 5.60 Å². The van der Waals surface area contributed by atoms with Crippen LogP contribution in [0.4, 0.5) is 0 Å². The van der Waals surface area contributed by atoms with E-state index in [0.717, 1.165) is 6.42 Å². The van der Waals surface area contributed by atoms with Gasteiger partial charge in [0, 0.05) is 6.04 Å². The molecule has 0 aliphatic heterocycles. The van der Waals surface area contributed by atoms with Gasteiger partial charge in [-0.2, -0.15) is 0 Å². The molecule has 0 amide bonds. The van der Waals surface area contributed by atoms with Crippen molar-refractivity contribution >= 4 is 6.21 Å². The summed E-state index contributed by atoms with van der Waals surface area (Å²) >= 11 is 0. The molecule has 0 bridgehead atoms. The Balaban J connectivity index is 3.60. The topological polar surface area (TPSA) is 47.6 Å². The van der Waals surface area contributed by atoms with Gasteiger partial charge < -0.3 is 10.6 Å². The largest absolute Gasteiger partial charge is 0.390 e. The first kappa shape index (κ1) is 10.4. The minimum absolute atomic E-state index is 0.0114. The molecule has 0 aliphatic rings. The molecule has 0 aromatic rings. The second-order valence-electron chi connectivity index (χ2n) is 3.53. The maximum absolute atomic E-state index is 5.57. The number of oxime groups is 1. The molecule has 66 valence electrons. The predicted molar refractivity (Wildman–Crippen MR) is 47.6 cm³/mol. The lowest BCUT2D eigenvalue weighted by Gasteiger charge is -2.15. The number of rotatable bonds is 3. The fraction of sp³-hybridized carbons (Fsp3) is 0.875. The Kier molecular flexibility index (Phi) is 4.11. The molecule has 0 heterocycles. The van der Waals surface area contributed by atoms with Crippen molar-refractivity contribution in [3.05, 3.63) is 0 Å². The summed E-state index contributed by atoms with van der Waals surface area (Å²) in [4.78, 5) is 5.09. The van der Waals surface area contributed by atoms with E-state index < -0.39 is 0 Å². The molecule has 0 aliphatic carbocycles. The summed E-state index contributed by atoms with van der Waals surface area (Å²) in [7, 11) is 0. The van der Waals surface area contributed by atoms with Gasteiger partial charge >= 0.3 is 0 Å². The van der Waals surface area contributed by atoms with Crippen LogP contribution >= 0.6 is 0 Å². The van der Waals surface area contributed by atoms with Gasteiger partial charge in [-0.1, -0.05) is 12.1 Å². The van der Waals surface area contributed by atoms with Crippen molar-refractivity contribution in [2.75, 3.05) is 0 Å². The fourth-order valence-corrected chi connectivity index (χ4v) is 0.372. The van der Waals surface area contributed by atoms with Crippen molar-refractivity contribution in [3.8, 4) is 0 Å². The minimum Gasteiger partial charge on any atom is -0.390 e. The molecule has 0 saturated heterocycles. The van der Waals surface area contributed by atoms with Gasteiger partial charge in [-0.05, 0) is 27.2 Å². The molecule has 0 aromatic heterocycles. The minimum atomic E-state index is -0.218. The zero-order chi connectivity index (χ0) is 8.91. The van der Waals surface area contributed by atoms with Gasteiger partial charge in [0.25, 0.3) is 0 Å². The number of nitrogens with two attached hydrogens (primary N) is 1. The summed E-state index contributed by atoms with van der Waals surface area (Å²) in [5.41, 5.74) is 5.35. The third-order valence-electron chi connectivity index (χ3n) is 1.05. The molecule has 11 heavy (non-hydrogen) atoms. The molecule has 0 radical (unpaired) electrons. The first-order valence-corrected chi connectivity index (χ1v) is 3.93. The van der Waals surface area contributed by atoms with Crippen LogP contribution in [0.5, 0.6) is 0 Å². The molecular weight excluding hydrogens is 140 g/mol. The normalized spacial score (nSPS) is 15.4. The van der Waals surface area contributed by atoms with E-state index in [1.807, 2.05) is 27.7 Å². The van der Waals surface area contributed by atoms with Crippen molar-refractivity contribution in [1.29, 1.82) is 0 Å². The third-order valence-corrected chi connectivity index (χ3v) is 1.05. The van der Waals surface area contributed by atoms with Crippen LogP contribution in [-0.4, -0.2) is 17.9 Å². The zero-order valence-corrected chi connectivity index (χ0v) is 7.79. The van der Waals surface area contributed by atoms with Crippen LogP contribution in [0.15, 0.2) is 5.16 Å². The SMILES string of the molecule is CCC(N)/C=N/OC(C)(C)C. The average Bonchev–Trinajstić information content (AvgIpc) is 1.85. The molecule has 3 nitrogen and oxygen atoms in total. The van der Waals surface area contributed by atoms with E-state index in [2.05, 4.69) is 5.16 Å². The van der Waals surface area contributed by atoms with E-state index in [-0.39, 0.29) is 11.6 Å². The van der Waals surface area contributed by atoms with Gasteiger partial charge in [-0.3, -0.25) is 0 Å². The molecule has 0 rings (SSSR count). The van der Waals surface area contributed by atoms with Gasteiger partial charge in [-0.15, -0.1) is 0 Å². The van der Waals surface area contributed by atoms with Gasteiger partial charge in [-0.25, -0.2) is 0 Å². The van der Waals surface area contributed by atoms with Crippen molar-refractivity contribution in [2.45, 2.75) is 45.8 Å². The second kappa shape index (κ2) is 4.34. The van der Waals surface area contributed by atoms with E-state index in [1.54, 1.807) is 6.21 Å². The fourth-order valence-electron chi connectivity index (χ4n) is 0.372. The molecule has 1 unspecified atom stereocenters. The summed E-state index contributed by atoms with van der Waals surface area (Å²) in [6.45, 7) is 7.85. The quantitative estimate of drug-likeness (QED) is 0.500. The molecule has 0 spiro atoms. The summed E-state index contributed by atoms with van der Waals surface area (Å²) in [6, 6.07) is 0.0114. The van der Waals surface area contributed by atoms with E-state index in [0.29, 0.717) is 0 Å². The Morgan fingerprint density at radius 1 is 1.55 bits per heavy atom. The second-order valence-corrected chi connectivity index (χ2v) is 3.53. The lowest BCUT2D eigenvalue weighted by molar-refractivity contribution is 0.00144. The van der Waals surface area contributed by atoms with Crippen LogP contribution in [-0.2, 0) is 4.84 Å². The number of hydrogen-bond donors (Lipinski definition) is 1. The lowest BCUT2D eigenvalue weighted by Crippen LogP contribution is -2.22. The summed E-state index contributed by atoms with van der Waals surface area (Å²) < 4.78 is 0.